The number of hydrogen-bond donors (Lipinski definition) is 0. The Morgan fingerprint density at radius 3 is 1.88 bits per heavy atom. The summed E-state index contributed by atoms with van der Waals surface area (Å²) in [5.74, 6) is 0.873. The maximum atomic E-state index is 5.06. The zero-order valence-electron chi connectivity index (χ0n) is 33.5. The molecule has 0 bridgehead atoms. The topological polar surface area (TPSA) is 27.7 Å². The molecule has 0 unspecified atom stereocenters. The van der Waals surface area contributed by atoms with Gasteiger partial charge in [-0.1, -0.05) is 103 Å². The smallest absolute Gasteiger partial charge is 0.188 e. The zero-order valence-corrected chi connectivity index (χ0v) is 36.8. The van der Waals surface area contributed by atoms with Gasteiger partial charge in [0.25, 0.3) is 0 Å². The molecule has 0 spiro atoms. The number of para-hydroxylation sites is 3. The molecule has 0 N–H and O–H groups in total. The van der Waals surface area contributed by atoms with Crippen LogP contribution in [0, 0.1) is 26.0 Å². The summed E-state index contributed by atoms with van der Waals surface area (Å²) in [7, 11) is -3.08. The van der Waals surface area contributed by atoms with Crippen molar-refractivity contribution in [2.45, 2.75) is 33.7 Å². The minimum Gasteiger partial charge on any atom is -0.319 e. The summed E-state index contributed by atoms with van der Waals surface area (Å²) in [6, 6.07) is 70.2. The Hall–Kier alpha value is -6.13. The summed E-state index contributed by atoms with van der Waals surface area (Å²) in [5.41, 5.74) is 10.4. The van der Waals surface area contributed by atoms with Crippen LogP contribution in [0.15, 0.2) is 182 Å². The van der Waals surface area contributed by atoms with E-state index in [4.69, 9.17) is 4.98 Å². The Kier molecular flexibility index (Phi) is 10.1. The van der Waals surface area contributed by atoms with Gasteiger partial charge in [0.2, 0.25) is 0 Å². The van der Waals surface area contributed by atoms with Crippen molar-refractivity contribution in [3.8, 4) is 22.6 Å². The molecular formula is C53H43N4PtSi-. The molecule has 4 nitrogen and oxygen atoms in total. The fraction of sp³-hybridized carbons (Fsp3) is 0.0943. The van der Waals surface area contributed by atoms with E-state index in [2.05, 4.69) is 230 Å². The summed E-state index contributed by atoms with van der Waals surface area (Å²) in [6.45, 7) is 8.85. The fourth-order valence-electron chi connectivity index (χ4n) is 9.18. The van der Waals surface area contributed by atoms with Crippen molar-refractivity contribution in [2.24, 2.45) is 0 Å². The molecule has 0 aliphatic heterocycles. The van der Waals surface area contributed by atoms with Gasteiger partial charge in [-0.3, -0.25) is 0 Å². The largest absolute Gasteiger partial charge is 0.319 e. The van der Waals surface area contributed by atoms with Gasteiger partial charge >= 0.3 is 0 Å². The van der Waals surface area contributed by atoms with Crippen LogP contribution in [0.3, 0.4) is 0 Å². The molecule has 0 saturated heterocycles. The van der Waals surface area contributed by atoms with Crippen LogP contribution in [-0.4, -0.2) is 26.8 Å². The van der Waals surface area contributed by atoms with Gasteiger partial charge < -0.3 is 4.57 Å². The molecule has 0 fully saturated rings. The first-order chi connectivity index (χ1) is 28.4. The van der Waals surface area contributed by atoms with Crippen molar-refractivity contribution in [2.75, 3.05) is 0 Å². The zero-order chi connectivity index (χ0) is 39.4. The molecule has 10 rings (SSSR count). The first-order valence-corrected chi connectivity index (χ1v) is 22.1. The first kappa shape index (κ1) is 38.4. The summed E-state index contributed by atoms with van der Waals surface area (Å²) in [4.78, 5) is 5.06. The second-order valence-electron chi connectivity index (χ2n) is 15.6. The average Bonchev–Trinajstić information content (AvgIpc) is 3.82. The molecule has 0 aliphatic carbocycles. The number of fused-ring (bicyclic) bond motifs is 4. The van der Waals surface area contributed by atoms with Crippen LogP contribution in [0.25, 0.3) is 55.5 Å². The Morgan fingerprint density at radius 1 is 0.576 bits per heavy atom. The standard InChI is InChI=1S/C53H43N4Si.Pt/c1-37(2)55-36-56(50-28-14-13-27-49(50)55)41-19-16-24-44(34-41)58(42-20-7-5-8-21-42,43-22-9-6-10-23-43)45-29-30-47-46-25-11-12-26-48(46)57(51(47)35-45)52-33-40(31-32-54-52)53-38(3)17-15-18-39(53)4;/h5-33,36-37H,1-4H3;/q-1;. The number of imidazole rings is 1. The van der Waals surface area contributed by atoms with Gasteiger partial charge in [-0.15, -0.1) is 22.7 Å². The van der Waals surface area contributed by atoms with Crippen LogP contribution in [0.2, 0.25) is 0 Å². The Morgan fingerprint density at radius 2 is 1.19 bits per heavy atom. The van der Waals surface area contributed by atoms with E-state index >= 15 is 0 Å². The number of hydrogen-bond acceptors (Lipinski definition) is 1. The normalized spacial score (nSPS) is 11.7. The van der Waals surface area contributed by atoms with Crippen LogP contribution >= 0.6 is 0 Å². The van der Waals surface area contributed by atoms with Crippen molar-refractivity contribution in [3.63, 3.8) is 0 Å². The minimum atomic E-state index is -3.08. The molecule has 0 atom stereocenters. The molecule has 7 aromatic carbocycles. The van der Waals surface area contributed by atoms with Gasteiger partial charge in [-0.2, -0.15) is 35.5 Å². The molecule has 0 aliphatic rings. The van der Waals surface area contributed by atoms with Crippen LogP contribution in [-0.2, 0) is 21.1 Å². The van der Waals surface area contributed by atoms with Gasteiger partial charge in [0.15, 0.2) is 17.4 Å². The van der Waals surface area contributed by atoms with E-state index in [1.54, 1.807) is 0 Å². The third kappa shape index (κ3) is 6.32. The third-order valence-electron chi connectivity index (χ3n) is 11.8. The summed E-state index contributed by atoms with van der Waals surface area (Å²) >= 11 is 0. The van der Waals surface area contributed by atoms with Crippen LogP contribution in [0.1, 0.15) is 31.0 Å². The molecule has 3 aromatic heterocycles. The van der Waals surface area contributed by atoms with Crippen LogP contribution in [0.4, 0.5) is 0 Å². The maximum absolute atomic E-state index is 5.06. The molecule has 290 valence electrons. The number of rotatable bonds is 8. The van der Waals surface area contributed by atoms with Crippen molar-refractivity contribution in [1.82, 2.24) is 18.7 Å². The van der Waals surface area contributed by atoms with E-state index in [0.717, 1.165) is 44.2 Å². The summed E-state index contributed by atoms with van der Waals surface area (Å²) in [6.07, 6.45) is 4.18. The van der Waals surface area contributed by atoms with Crippen molar-refractivity contribution in [1.29, 1.82) is 0 Å². The second kappa shape index (κ2) is 15.6. The van der Waals surface area contributed by atoms with E-state index in [1.165, 1.54) is 43.2 Å². The molecule has 0 radical (unpaired) electrons. The van der Waals surface area contributed by atoms with Crippen LogP contribution < -0.4 is 20.7 Å². The third-order valence-corrected chi connectivity index (χ3v) is 16.4. The number of benzene rings is 7. The summed E-state index contributed by atoms with van der Waals surface area (Å²) in [5, 5.41) is 7.21. The molecule has 3 heterocycles. The molecule has 10 aromatic rings. The van der Waals surface area contributed by atoms with E-state index in [1.807, 2.05) is 6.20 Å². The average molecular weight is 959 g/mol. The molecule has 0 amide bonds. The molecule has 59 heavy (non-hydrogen) atoms. The van der Waals surface area contributed by atoms with E-state index in [9.17, 15) is 0 Å². The van der Waals surface area contributed by atoms with Gasteiger partial charge in [-0.05, 0) is 96.0 Å². The quantitative estimate of drug-likeness (QED) is 0.0848. The van der Waals surface area contributed by atoms with Crippen LogP contribution in [0.5, 0.6) is 0 Å². The SMILES string of the molecule is Cc1cccc(C)c1-c1ccnc(-n2c3[c-]c([Si](c4[c-]c(-n5[cH+]n(C(C)C)c6ccccc65)ccc4)(c4ccccc4)c4ccccc4)ccc3c3ccccc32)c1.[Pt]. The van der Waals surface area contributed by atoms with E-state index in [-0.39, 0.29) is 21.1 Å². The van der Waals surface area contributed by atoms with Crippen molar-refractivity contribution >= 4 is 61.7 Å². The van der Waals surface area contributed by atoms with Gasteiger partial charge in [-0.25, -0.2) is 14.1 Å². The fourth-order valence-corrected chi connectivity index (χ4v) is 13.7. The Labute approximate surface area is 361 Å². The monoisotopic (exact) mass is 958 g/mol. The minimum absolute atomic E-state index is 0. The Bertz CT molecular complexity index is 3070. The number of aromatic nitrogens is 4. The van der Waals surface area contributed by atoms with Crippen molar-refractivity contribution in [3.05, 3.63) is 206 Å². The molecule has 0 saturated carbocycles. The predicted molar refractivity (Wildman–Crippen MR) is 244 cm³/mol. The van der Waals surface area contributed by atoms with E-state index in [0.29, 0.717) is 6.04 Å². The number of aryl methyl sites for hydroxylation is 2. The van der Waals surface area contributed by atoms with Crippen molar-refractivity contribution < 1.29 is 21.1 Å². The van der Waals surface area contributed by atoms with E-state index < -0.39 is 8.07 Å². The van der Waals surface area contributed by atoms with Gasteiger partial charge in [0, 0.05) is 50.6 Å². The van der Waals surface area contributed by atoms with Gasteiger partial charge in [0.1, 0.15) is 13.9 Å². The first-order valence-electron chi connectivity index (χ1n) is 20.1. The number of pyridine rings is 1. The Balaban J connectivity index is 0.00000449. The molecular weight excluding hydrogens is 916 g/mol. The predicted octanol–water partition coefficient (Wildman–Crippen LogP) is 10.0. The maximum Gasteiger partial charge on any atom is 0.188 e. The molecule has 6 heteroatoms. The second-order valence-corrected chi connectivity index (χ2v) is 19.3. The van der Waals surface area contributed by atoms with Gasteiger partial charge in [0.05, 0.1) is 6.04 Å². The number of nitrogens with zero attached hydrogens (tertiary/aromatic N) is 4. The summed E-state index contributed by atoms with van der Waals surface area (Å²) < 4.78 is 6.96.